The van der Waals surface area contributed by atoms with Crippen LogP contribution in [0.15, 0.2) is 9.70 Å². The number of nitrogens with zero attached hydrogens (tertiary/aromatic N) is 5. The van der Waals surface area contributed by atoms with Crippen LogP contribution >= 0.6 is 24.0 Å². The predicted octanol–water partition coefficient (Wildman–Crippen LogP) is 2.80. The van der Waals surface area contributed by atoms with Gasteiger partial charge in [0.15, 0.2) is 0 Å². The highest BCUT2D eigenvalue weighted by molar-refractivity contribution is 8.26. The van der Waals surface area contributed by atoms with E-state index in [0.717, 1.165) is 56.9 Å². The number of pyridine rings is 1. The molecule has 3 heterocycles. The summed E-state index contributed by atoms with van der Waals surface area (Å²) in [5, 5.41) is 9.73. The van der Waals surface area contributed by atoms with E-state index in [1.807, 2.05) is 6.08 Å². The van der Waals surface area contributed by atoms with Crippen molar-refractivity contribution in [2.45, 2.75) is 40.2 Å². The number of hydrogen-bond acceptors (Lipinski definition) is 7. The van der Waals surface area contributed by atoms with Gasteiger partial charge in [-0.15, -0.1) is 0 Å². The quantitative estimate of drug-likeness (QED) is 0.478. The van der Waals surface area contributed by atoms with E-state index >= 15 is 0 Å². The lowest BCUT2D eigenvalue weighted by molar-refractivity contribution is -0.121. The third kappa shape index (κ3) is 4.56. The van der Waals surface area contributed by atoms with Crippen LogP contribution in [0.2, 0.25) is 0 Å². The number of thiocarbonyl (C=S) groups is 1. The summed E-state index contributed by atoms with van der Waals surface area (Å²) < 4.78 is 2.25. The fourth-order valence-electron chi connectivity index (χ4n) is 3.96. The summed E-state index contributed by atoms with van der Waals surface area (Å²) >= 11 is 6.54. The summed E-state index contributed by atoms with van der Waals surface area (Å²) in [4.78, 5) is 32.5. The van der Waals surface area contributed by atoms with Crippen molar-refractivity contribution in [3.05, 3.63) is 31.9 Å². The second kappa shape index (κ2) is 9.98. The maximum absolute atomic E-state index is 13.3. The first-order valence-corrected chi connectivity index (χ1v) is 11.9. The van der Waals surface area contributed by atoms with E-state index in [1.165, 1.54) is 16.7 Å². The molecule has 0 aliphatic carbocycles. The second-order valence-corrected chi connectivity index (χ2v) is 9.50. The average molecular weight is 460 g/mol. The molecule has 2 saturated heterocycles. The minimum absolute atomic E-state index is 0.144. The largest absolute Gasteiger partial charge is 0.355 e. The van der Waals surface area contributed by atoms with Gasteiger partial charge in [-0.05, 0) is 31.5 Å². The Morgan fingerprint density at radius 3 is 2.39 bits per heavy atom. The number of thioether (sulfide) groups is 1. The van der Waals surface area contributed by atoms with Gasteiger partial charge >= 0.3 is 0 Å². The molecule has 31 heavy (non-hydrogen) atoms. The summed E-state index contributed by atoms with van der Waals surface area (Å²) in [6, 6.07) is 2.10. The Bertz CT molecular complexity index is 1020. The molecule has 9 heteroatoms. The summed E-state index contributed by atoms with van der Waals surface area (Å²) in [7, 11) is 1.67. The Morgan fingerprint density at radius 1 is 1.19 bits per heavy atom. The highest BCUT2D eigenvalue weighted by Gasteiger charge is 2.31. The summed E-state index contributed by atoms with van der Waals surface area (Å²) in [6.45, 7) is 11.0. The Morgan fingerprint density at radius 2 is 1.87 bits per heavy atom. The van der Waals surface area contributed by atoms with Crippen molar-refractivity contribution in [1.82, 2.24) is 14.4 Å². The van der Waals surface area contributed by atoms with E-state index in [2.05, 4.69) is 29.7 Å². The van der Waals surface area contributed by atoms with Gasteiger partial charge in [-0.1, -0.05) is 44.2 Å². The number of rotatable bonds is 6. The summed E-state index contributed by atoms with van der Waals surface area (Å²) in [5.41, 5.74) is 1.28. The second-order valence-electron chi connectivity index (χ2n) is 7.82. The van der Waals surface area contributed by atoms with Crippen LogP contribution in [-0.2, 0) is 11.3 Å². The molecule has 0 unspecified atom stereocenters. The van der Waals surface area contributed by atoms with Crippen molar-refractivity contribution in [2.75, 3.05) is 44.7 Å². The van der Waals surface area contributed by atoms with E-state index in [0.29, 0.717) is 21.3 Å². The number of piperazine rings is 1. The van der Waals surface area contributed by atoms with Crippen LogP contribution in [0.25, 0.3) is 6.08 Å². The third-order valence-corrected chi connectivity index (χ3v) is 7.45. The first-order chi connectivity index (χ1) is 14.8. The SMILES string of the molecule is CCCCn1c(N2CCN(CC)CC2)c(/C=C2/SC(=S)N(C)C2=O)c(C)c(C#N)c1=O. The van der Waals surface area contributed by atoms with Crippen LogP contribution in [0.5, 0.6) is 0 Å². The number of unbranched alkanes of at least 4 members (excludes halogenated alkanes) is 1. The number of amides is 1. The van der Waals surface area contributed by atoms with Crippen LogP contribution in [0.1, 0.15) is 43.4 Å². The molecule has 2 aliphatic heterocycles. The van der Waals surface area contributed by atoms with Crippen LogP contribution in [0.3, 0.4) is 0 Å². The first-order valence-electron chi connectivity index (χ1n) is 10.7. The molecule has 166 valence electrons. The molecule has 0 bridgehead atoms. The maximum Gasteiger partial charge on any atom is 0.270 e. The summed E-state index contributed by atoms with van der Waals surface area (Å²) in [6.07, 6.45) is 3.60. The molecule has 0 aromatic carbocycles. The first kappa shape index (κ1) is 23.5. The van der Waals surface area contributed by atoms with Gasteiger partial charge in [0.1, 0.15) is 21.8 Å². The molecule has 1 amide bonds. The highest BCUT2D eigenvalue weighted by Crippen LogP contribution is 2.35. The standard InChI is InChI=1S/C22H29N5O2S2/c1-5-7-8-27-19(26-11-9-25(6-2)10-12-26)16(15(3)17(14-23)20(27)28)13-18-21(29)24(4)22(30)31-18/h13H,5-12H2,1-4H3/b18-13+. The number of hydrogen-bond donors (Lipinski definition) is 0. The molecular weight excluding hydrogens is 430 g/mol. The lowest BCUT2D eigenvalue weighted by Gasteiger charge is -2.37. The van der Waals surface area contributed by atoms with E-state index < -0.39 is 0 Å². The van der Waals surface area contributed by atoms with Gasteiger partial charge in [-0.25, -0.2) is 0 Å². The fraction of sp³-hybridized carbons (Fsp3) is 0.545. The Kier molecular flexibility index (Phi) is 7.57. The normalized spacial score (nSPS) is 18.9. The van der Waals surface area contributed by atoms with Crippen LogP contribution in [-0.4, -0.2) is 64.4 Å². The number of anilines is 1. The van der Waals surface area contributed by atoms with Gasteiger partial charge in [0.2, 0.25) is 0 Å². The zero-order valence-corrected chi connectivity index (χ0v) is 20.2. The molecule has 1 aromatic rings. The lowest BCUT2D eigenvalue weighted by Crippen LogP contribution is -2.48. The van der Waals surface area contributed by atoms with E-state index in [1.54, 1.807) is 18.5 Å². The molecule has 3 rings (SSSR count). The van der Waals surface area contributed by atoms with Gasteiger partial charge in [-0.3, -0.25) is 19.1 Å². The molecule has 7 nitrogen and oxygen atoms in total. The highest BCUT2D eigenvalue weighted by atomic mass is 32.2. The Balaban J connectivity index is 2.22. The monoisotopic (exact) mass is 459 g/mol. The predicted molar refractivity (Wildman–Crippen MR) is 130 cm³/mol. The van der Waals surface area contributed by atoms with E-state index in [4.69, 9.17) is 12.2 Å². The number of aromatic nitrogens is 1. The minimum atomic E-state index is -0.249. The van der Waals surface area contributed by atoms with Crippen LogP contribution < -0.4 is 10.5 Å². The number of nitriles is 1. The molecule has 2 aliphatic rings. The van der Waals surface area contributed by atoms with Crippen molar-refractivity contribution in [2.24, 2.45) is 0 Å². The summed E-state index contributed by atoms with van der Waals surface area (Å²) in [5.74, 6) is 0.660. The zero-order valence-electron chi connectivity index (χ0n) is 18.6. The van der Waals surface area contributed by atoms with E-state index in [9.17, 15) is 14.9 Å². The molecule has 2 fully saturated rings. The van der Waals surface area contributed by atoms with Crippen molar-refractivity contribution in [3.8, 4) is 6.07 Å². The zero-order chi connectivity index (χ0) is 22.7. The Hall–Kier alpha value is -2.15. The Labute approximate surface area is 193 Å². The van der Waals surface area contributed by atoms with Gasteiger partial charge in [0.25, 0.3) is 11.5 Å². The smallest absolute Gasteiger partial charge is 0.270 e. The van der Waals surface area contributed by atoms with Gasteiger partial charge < -0.3 is 9.80 Å². The fourth-order valence-corrected chi connectivity index (χ4v) is 5.12. The van der Waals surface area contributed by atoms with E-state index in [-0.39, 0.29) is 17.0 Å². The molecule has 1 aromatic heterocycles. The van der Waals surface area contributed by atoms with Crippen molar-refractivity contribution in [3.63, 3.8) is 0 Å². The van der Waals surface area contributed by atoms with Gasteiger partial charge in [-0.2, -0.15) is 5.26 Å². The van der Waals surface area contributed by atoms with Crippen molar-refractivity contribution in [1.29, 1.82) is 5.26 Å². The van der Waals surface area contributed by atoms with Crippen LogP contribution in [0.4, 0.5) is 5.82 Å². The number of likely N-dealkylation sites (N-methyl/N-ethyl adjacent to an activating group) is 2. The molecule has 0 atom stereocenters. The van der Waals surface area contributed by atoms with Crippen molar-refractivity contribution < 1.29 is 4.79 Å². The minimum Gasteiger partial charge on any atom is -0.355 e. The number of carbonyl (C=O) groups is 1. The maximum atomic E-state index is 13.3. The molecule has 0 spiro atoms. The lowest BCUT2D eigenvalue weighted by atomic mass is 10.0. The molecule has 0 radical (unpaired) electrons. The average Bonchev–Trinajstić information content (AvgIpc) is 3.01. The number of carbonyl (C=O) groups excluding carboxylic acids is 1. The molecule has 0 saturated carbocycles. The van der Waals surface area contributed by atoms with Gasteiger partial charge in [0.05, 0.1) is 4.91 Å². The molecule has 0 N–H and O–H groups in total. The topological polar surface area (TPSA) is 72.6 Å². The van der Waals surface area contributed by atoms with Gasteiger partial charge in [0, 0.05) is 45.3 Å². The third-order valence-electron chi connectivity index (χ3n) is 5.96. The van der Waals surface area contributed by atoms with Crippen LogP contribution in [0, 0.1) is 18.3 Å². The van der Waals surface area contributed by atoms with Crippen molar-refractivity contribution >= 4 is 46.1 Å². The molecular formula is C22H29N5O2S2.